The molecule has 1 fully saturated rings. The molecule has 0 spiro atoms. The Morgan fingerprint density at radius 2 is 1.14 bits per heavy atom. The third-order valence-electron chi connectivity index (χ3n) is 17.8. The van der Waals surface area contributed by atoms with Crippen LogP contribution in [0.5, 0.6) is 11.5 Å². The second kappa shape index (κ2) is 40.5. The summed E-state index contributed by atoms with van der Waals surface area (Å²) in [6, 6.07) is 10.9. The minimum Gasteiger partial charge on any atom is -0.480 e. The van der Waals surface area contributed by atoms with Crippen LogP contribution in [-0.2, 0) is 67.1 Å². The Morgan fingerprint density at radius 1 is 0.639 bits per heavy atom. The number of ketones is 4. The van der Waals surface area contributed by atoms with Gasteiger partial charge in [-0.25, -0.2) is 29.1 Å². The predicted molar refractivity (Wildman–Crippen MR) is 407 cm³/mol. The summed E-state index contributed by atoms with van der Waals surface area (Å²) >= 11 is 3.84. The predicted octanol–water partition coefficient (Wildman–Crippen LogP) is 8.92. The molecule has 2 aliphatic carbocycles. The topological polar surface area (TPSA) is 404 Å². The fourth-order valence-corrected chi connectivity index (χ4v) is 14.4. The number of amides is 7. The highest BCUT2D eigenvalue weighted by Gasteiger charge is 2.41. The van der Waals surface area contributed by atoms with Gasteiger partial charge in [-0.15, -0.1) is 39.5 Å². The van der Waals surface area contributed by atoms with Crippen LogP contribution < -0.4 is 20.5 Å². The number of carbonyl (C=O) groups is 13. The summed E-state index contributed by atoms with van der Waals surface area (Å²) in [5, 5.41) is 23.0. The first-order valence-electron chi connectivity index (χ1n) is 34.7. The van der Waals surface area contributed by atoms with Gasteiger partial charge >= 0.3 is 24.1 Å². The molecule has 2 aromatic heterocycles. The van der Waals surface area contributed by atoms with Gasteiger partial charge in [0.15, 0.2) is 34.2 Å². The number of hydrogen-bond acceptors (Lipinski definition) is 26. The van der Waals surface area contributed by atoms with Gasteiger partial charge in [-0.1, -0.05) is 42.0 Å². The van der Waals surface area contributed by atoms with Crippen molar-refractivity contribution in [3.63, 3.8) is 0 Å². The molecular formula is C75H97N11O19S3. The molecule has 0 saturated carbocycles. The van der Waals surface area contributed by atoms with Crippen LogP contribution >= 0.6 is 34.4 Å². The number of ether oxygens (including phenoxy) is 4. The standard InChI is InChI=1S/C38H49N5O10S2.C34H37N5O9S.C2H7N.CH4/c1-8-39-29(44)11-15-51-17-18-52-16-14-43(13-12-42(7)30(45)20-38(5,6)31-24(4)32(46)22(2)23(3)33(31)47)37(50)53-25-9-10-26-28(19-25)55-35(40-26)34-41-27(21-54-34)36(48)49;1-19-20(2)32(45)30(21(3)31(19)44)34(4,5)17-28(42)37(6)14-15-38(13-7-8-29(43)48-39-26(40)11-12-27(39)41)33(46)47-22-9-10-24-23(16-22)36-25(18-35)49-24;1-2-3;/h9-10,19,27H,8,11-18,20-21H2,1-7H3,(H,39,44)(H,48,49);9-10,16H,7-8,11-15,17H2,1-6H3;2-3H2,1H3;1H4. The van der Waals surface area contributed by atoms with Gasteiger partial charge in [-0.2, -0.15) is 5.26 Å². The molecule has 0 bridgehead atoms. The summed E-state index contributed by atoms with van der Waals surface area (Å²) in [4.78, 5) is 188. The summed E-state index contributed by atoms with van der Waals surface area (Å²) in [5.74, 6) is -3.86. The van der Waals surface area contributed by atoms with Crippen molar-refractivity contribution in [3.05, 3.63) is 91.0 Å². The average molecular weight is 1550 g/mol. The number of allylic oxidation sites excluding steroid dienone is 8. The second-order valence-corrected chi connectivity index (χ2v) is 29.8. The number of aromatic nitrogens is 2. The van der Waals surface area contributed by atoms with Gasteiger partial charge in [0.25, 0.3) is 11.8 Å². The summed E-state index contributed by atoms with van der Waals surface area (Å²) in [5.41, 5.74) is 6.94. The number of aliphatic imine (C=N–C) groups is 1. The van der Waals surface area contributed by atoms with E-state index in [9.17, 15) is 67.4 Å². The number of benzene rings is 2. The number of fused-ring (bicyclic) bond motifs is 2. The smallest absolute Gasteiger partial charge is 0.415 e. The number of likely N-dealkylation sites (N-methyl/N-ethyl adjacent to an activating group) is 2. The summed E-state index contributed by atoms with van der Waals surface area (Å²) in [6.45, 7) is 23.1. The molecule has 7 amide bonds. The number of Topliss-reactive ketones (excluding diaryl/α,β-unsaturated/α-hetero) is 4. The molecule has 8 rings (SSSR count). The van der Waals surface area contributed by atoms with Crippen LogP contribution in [0.15, 0.2) is 86.0 Å². The van der Waals surface area contributed by atoms with E-state index in [0.717, 1.165) is 15.9 Å². The third-order valence-corrected chi connectivity index (χ3v) is 20.9. The number of thioether (sulfide) groups is 1. The summed E-state index contributed by atoms with van der Waals surface area (Å²) < 4.78 is 24.0. The number of nitriles is 1. The quantitative estimate of drug-likeness (QED) is 0.0240. The fraction of sp³-hybridized carbons (Fsp3) is 0.507. The van der Waals surface area contributed by atoms with Crippen LogP contribution in [0.4, 0.5) is 9.59 Å². The SMILES string of the molecule is C.CC1=C(C)C(=O)C(C(C)(C)CC(=O)N(C)CCN(CCCC(=O)ON2C(=O)CCC2=O)C(=O)Oc2ccc3sc(C#N)nc3c2)=C(C)C1=O.CCN.CCNC(=O)CCOCCOCCN(CCN(C)C(=O)CC(C)(C)C1=C(C)C(=O)C(C)=C(C)C1=O)C(=O)Oc1ccc2nc(C3=NC(C(=O)O)CS3)sc2c1. The number of rotatable bonds is 31. The number of aliphatic carboxylic acids is 1. The molecule has 108 heavy (non-hydrogen) atoms. The van der Waals surface area contributed by atoms with E-state index in [4.69, 9.17) is 34.8 Å². The third kappa shape index (κ3) is 23.6. The molecule has 4 aliphatic rings. The van der Waals surface area contributed by atoms with Crippen LogP contribution in [0.3, 0.4) is 0 Å². The number of carboxylic acids is 1. The monoisotopic (exact) mass is 1550 g/mol. The first-order valence-corrected chi connectivity index (χ1v) is 37.3. The van der Waals surface area contributed by atoms with Crippen LogP contribution in [-0.4, -0.2) is 226 Å². The van der Waals surface area contributed by atoms with E-state index in [1.807, 2.05) is 19.9 Å². The van der Waals surface area contributed by atoms with E-state index in [1.165, 1.54) is 60.1 Å². The lowest BCUT2D eigenvalue weighted by molar-refractivity contribution is -0.197. The van der Waals surface area contributed by atoms with Crippen molar-refractivity contribution >= 4 is 137 Å². The Kier molecular flexibility index (Phi) is 33.3. The van der Waals surface area contributed by atoms with Crippen molar-refractivity contribution < 1.29 is 91.2 Å². The highest BCUT2D eigenvalue weighted by molar-refractivity contribution is 8.15. The Balaban J connectivity index is 0.000000372. The van der Waals surface area contributed by atoms with Crippen LogP contribution in [0.2, 0.25) is 0 Å². The van der Waals surface area contributed by atoms with Gasteiger partial charge in [-0.3, -0.25) is 48.1 Å². The Labute approximate surface area is 640 Å². The first kappa shape index (κ1) is 88.9. The lowest BCUT2D eigenvalue weighted by Crippen LogP contribution is -2.43. The van der Waals surface area contributed by atoms with Crippen LogP contribution in [0, 0.1) is 22.2 Å². The number of hydrogen-bond donors (Lipinski definition) is 3. The zero-order valence-electron chi connectivity index (χ0n) is 62.8. The molecule has 4 N–H and O–H groups in total. The number of nitrogens with one attached hydrogen (secondary N) is 1. The van der Waals surface area contributed by atoms with Gasteiger partial charge in [0, 0.05) is 172 Å². The zero-order chi connectivity index (χ0) is 79.4. The van der Waals surface area contributed by atoms with E-state index in [0.29, 0.717) is 83.0 Å². The maximum absolute atomic E-state index is 13.6. The fourth-order valence-electron chi connectivity index (χ4n) is 11.6. The van der Waals surface area contributed by atoms with Gasteiger partial charge in [-0.05, 0) is 85.7 Å². The van der Waals surface area contributed by atoms with E-state index >= 15 is 0 Å². The highest BCUT2D eigenvalue weighted by atomic mass is 32.2. The van der Waals surface area contributed by atoms with Gasteiger partial charge in [0.05, 0.1) is 46.9 Å². The maximum Gasteiger partial charge on any atom is 0.415 e. The molecule has 4 aromatic rings. The average Bonchev–Trinajstić information content (AvgIpc) is 1.13. The highest BCUT2D eigenvalue weighted by Crippen LogP contribution is 2.41. The molecule has 1 saturated heterocycles. The maximum atomic E-state index is 13.6. The molecule has 30 nitrogen and oxygen atoms in total. The lowest BCUT2D eigenvalue weighted by Gasteiger charge is -2.33. The lowest BCUT2D eigenvalue weighted by atomic mass is 9.71. The molecular weight excluding hydrogens is 1460 g/mol. The van der Waals surface area contributed by atoms with Crippen molar-refractivity contribution in [2.45, 2.75) is 141 Å². The molecule has 2 aromatic carbocycles. The summed E-state index contributed by atoms with van der Waals surface area (Å²) in [6.07, 6.45) is -1.54. The number of thiazole rings is 2. The number of nitrogens with two attached hydrogens (primary N) is 1. The molecule has 1 atom stereocenters. The molecule has 33 heteroatoms. The van der Waals surface area contributed by atoms with Crippen LogP contribution in [0.25, 0.3) is 20.4 Å². The van der Waals surface area contributed by atoms with E-state index in [-0.39, 0.29) is 175 Å². The molecule has 2 aliphatic heterocycles. The Hall–Kier alpha value is -9.72. The minimum absolute atomic E-state index is 0. The van der Waals surface area contributed by atoms with Gasteiger partial charge in [0.1, 0.15) is 27.6 Å². The van der Waals surface area contributed by atoms with Crippen LogP contribution in [0.1, 0.15) is 145 Å². The Morgan fingerprint density at radius 3 is 1.65 bits per heavy atom. The normalized spacial score (nSPS) is 15.3. The van der Waals surface area contributed by atoms with E-state index in [2.05, 4.69) is 20.3 Å². The van der Waals surface area contributed by atoms with E-state index in [1.54, 1.807) is 114 Å². The number of carbonyl (C=O) groups excluding carboxylic acids is 12. The van der Waals surface area contributed by atoms with E-state index < -0.39 is 52.8 Å². The van der Waals surface area contributed by atoms with Crippen molar-refractivity contribution in [2.24, 2.45) is 21.6 Å². The van der Waals surface area contributed by atoms with Gasteiger partial charge < -0.3 is 59.5 Å². The zero-order valence-corrected chi connectivity index (χ0v) is 65.3. The second-order valence-electron chi connectivity index (χ2n) is 26.8. The molecule has 584 valence electrons. The summed E-state index contributed by atoms with van der Waals surface area (Å²) in [7, 11) is 3.17. The molecule has 1 unspecified atom stereocenters. The largest absolute Gasteiger partial charge is 0.480 e. The number of carboxylic acid groups (broad SMARTS) is 1. The van der Waals surface area contributed by atoms with Crippen molar-refractivity contribution in [3.8, 4) is 17.6 Å². The molecule has 4 heterocycles. The van der Waals surface area contributed by atoms with Crippen molar-refractivity contribution in [1.82, 2.24) is 39.9 Å². The minimum atomic E-state index is -0.988. The number of imide groups is 1. The van der Waals surface area contributed by atoms with Crippen molar-refractivity contribution in [2.75, 3.05) is 98.6 Å². The Bertz CT molecular complexity index is 4330. The number of nitrogens with zero attached hydrogens (tertiary/aromatic N) is 9. The molecule has 0 radical (unpaired) electrons. The van der Waals surface area contributed by atoms with Gasteiger partial charge in [0.2, 0.25) is 17.7 Å². The first-order chi connectivity index (χ1) is 50.5. The van der Waals surface area contributed by atoms with Crippen molar-refractivity contribution in [1.29, 1.82) is 5.26 Å². The number of hydroxylamine groups is 2.